The first-order valence-electron chi connectivity index (χ1n) is 8.79. The Morgan fingerprint density at radius 2 is 1.70 bits per heavy atom. The molecule has 30 heavy (non-hydrogen) atoms. The first-order chi connectivity index (χ1) is 14.5. The molecular formula is C21H15N3O6. The average molecular weight is 405 g/mol. The topological polar surface area (TPSA) is 149 Å². The van der Waals surface area contributed by atoms with Crippen LogP contribution in [0.3, 0.4) is 0 Å². The van der Waals surface area contributed by atoms with Crippen molar-refractivity contribution in [3.8, 4) is 28.5 Å². The number of ketones is 1. The first-order valence-corrected chi connectivity index (χ1v) is 8.79. The largest absolute Gasteiger partial charge is 0.505 e. The molecule has 1 unspecified atom stereocenters. The van der Waals surface area contributed by atoms with Crippen molar-refractivity contribution in [1.82, 2.24) is 10.1 Å². The minimum Gasteiger partial charge on any atom is -0.505 e. The third kappa shape index (κ3) is 3.45. The summed E-state index contributed by atoms with van der Waals surface area (Å²) in [4.78, 5) is 27.0. The fourth-order valence-electron chi connectivity index (χ4n) is 2.86. The highest BCUT2D eigenvalue weighted by Gasteiger charge is 2.29. The molecule has 4 rings (SSSR count). The molecule has 0 bridgehead atoms. The van der Waals surface area contributed by atoms with Crippen LogP contribution in [0.25, 0.3) is 22.2 Å². The Hall–Kier alpha value is -4.24. The Morgan fingerprint density at radius 3 is 2.37 bits per heavy atom. The van der Waals surface area contributed by atoms with Gasteiger partial charge in [-0.3, -0.25) is 9.59 Å². The number of ether oxygens (including phenoxy) is 1. The van der Waals surface area contributed by atoms with Crippen molar-refractivity contribution in [2.45, 2.75) is 6.04 Å². The lowest BCUT2D eigenvalue weighted by Crippen LogP contribution is -2.38. The second-order valence-electron chi connectivity index (χ2n) is 6.35. The number of Topliss-reactive ketones (excluding diaryl/α,β-unsaturated/α-hetero) is 1. The lowest BCUT2D eigenvalue weighted by molar-refractivity contribution is -0.137. The van der Waals surface area contributed by atoms with Gasteiger partial charge in [0, 0.05) is 5.56 Å². The fourth-order valence-corrected chi connectivity index (χ4v) is 2.86. The van der Waals surface area contributed by atoms with Gasteiger partial charge in [-0.15, -0.1) is 0 Å². The van der Waals surface area contributed by atoms with Crippen LogP contribution in [0.4, 0.5) is 0 Å². The number of nitrogens with zero attached hydrogens (tertiary/aromatic N) is 2. The van der Waals surface area contributed by atoms with E-state index in [1.54, 1.807) is 24.3 Å². The van der Waals surface area contributed by atoms with E-state index in [0.717, 1.165) is 0 Å². The predicted molar refractivity (Wildman–Crippen MR) is 105 cm³/mol. The molecular weight excluding hydrogens is 390 g/mol. The molecule has 2 aromatic carbocycles. The van der Waals surface area contributed by atoms with Crippen LogP contribution in [-0.2, 0) is 4.79 Å². The number of pyridine rings is 1. The highest BCUT2D eigenvalue weighted by molar-refractivity contribution is 6.14. The number of hydrogen-bond acceptors (Lipinski definition) is 8. The molecule has 0 fully saturated rings. The van der Waals surface area contributed by atoms with Crippen LogP contribution >= 0.6 is 0 Å². The number of fused-ring (bicyclic) bond motifs is 1. The molecule has 4 N–H and O–H groups in total. The van der Waals surface area contributed by atoms with Crippen molar-refractivity contribution in [2.24, 2.45) is 5.73 Å². The van der Waals surface area contributed by atoms with Crippen molar-refractivity contribution < 1.29 is 29.1 Å². The summed E-state index contributed by atoms with van der Waals surface area (Å²) in [5.41, 5.74) is 5.86. The summed E-state index contributed by atoms with van der Waals surface area (Å²) < 4.78 is 10.9. The molecule has 1 atom stereocenters. The lowest BCUT2D eigenvalue weighted by atomic mass is 10.0. The normalized spacial score (nSPS) is 11.9. The number of carbonyl (C=O) groups is 2. The van der Waals surface area contributed by atoms with Gasteiger partial charge in [-0.05, 0) is 36.4 Å². The van der Waals surface area contributed by atoms with Crippen LogP contribution in [0.15, 0.2) is 65.3 Å². The zero-order chi connectivity index (χ0) is 21.3. The number of nitrogens with two attached hydrogens (primary N) is 1. The first kappa shape index (κ1) is 19.1. The van der Waals surface area contributed by atoms with Gasteiger partial charge in [0.2, 0.25) is 5.78 Å². The van der Waals surface area contributed by atoms with Crippen molar-refractivity contribution >= 4 is 22.7 Å². The molecule has 9 heteroatoms. The summed E-state index contributed by atoms with van der Waals surface area (Å²) in [6.07, 6.45) is 1.18. The molecule has 2 aromatic heterocycles. The van der Waals surface area contributed by atoms with E-state index in [0.29, 0.717) is 17.1 Å². The van der Waals surface area contributed by atoms with Gasteiger partial charge in [0.1, 0.15) is 17.2 Å². The summed E-state index contributed by atoms with van der Waals surface area (Å²) in [6.45, 7) is 0. The number of carbonyl (C=O) groups excluding carboxylic acids is 1. The second-order valence-corrected chi connectivity index (χ2v) is 6.35. The Morgan fingerprint density at radius 1 is 1.03 bits per heavy atom. The second kappa shape index (κ2) is 7.64. The van der Waals surface area contributed by atoms with E-state index in [1.807, 2.05) is 30.3 Å². The third-order valence-electron chi connectivity index (χ3n) is 4.38. The number of aromatic nitrogens is 2. The quantitative estimate of drug-likeness (QED) is 0.325. The minimum atomic E-state index is -1.85. The minimum absolute atomic E-state index is 0.127. The van der Waals surface area contributed by atoms with Gasteiger partial charge in [-0.2, -0.15) is 0 Å². The molecule has 2 heterocycles. The molecule has 0 aliphatic carbocycles. The van der Waals surface area contributed by atoms with E-state index < -0.39 is 29.2 Å². The summed E-state index contributed by atoms with van der Waals surface area (Å²) in [7, 11) is 0. The van der Waals surface area contributed by atoms with Gasteiger partial charge in [0.25, 0.3) is 0 Å². The van der Waals surface area contributed by atoms with Gasteiger partial charge < -0.3 is 25.2 Å². The van der Waals surface area contributed by atoms with Crippen molar-refractivity contribution in [3.05, 3.63) is 66.5 Å². The summed E-state index contributed by atoms with van der Waals surface area (Å²) >= 11 is 0. The van der Waals surface area contributed by atoms with E-state index in [-0.39, 0.29) is 16.7 Å². The van der Waals surface area contributed by atoms with E-state index >= 15 is 0 Å². The average Bonchev–Trinajstić information content (AvgIpc) is 3.19. The zero-order valence-electron chi connectivity index (χ0n) is 15.4. The number of benzene rings is 2. The molecule has 0 saturated carbocycles. The molecule has 0 aliphatic rings. The standard InChI is InChI=1S/C21H15N3O6/c22-16(21(27)28)20(26)18-19(25)15-14(10-23-18)30-24-17(15)11-6-8-13(9-7-11)29-12-4-2-1-3-5-12/h1-10,16,25H,22H2,(H,27,28). The van der Waals surface area contributed by atoms with E-state index in [4.69, 9.17) is 20.1 Å². The third-order valence-corrected chi connectivity index (χ3v) is 4.38. The number of rotatable bonds is 6. The molecule has 150 valence electrons. The van der Waals surface area contributed by atoms with Gasteiger partial charge in [0.15, 0.2) is 23.1 Å². The van der Waals surface area contributed by atoms with Crippen LogP contribution in [0, 0.1) is 0 Å². The SMILES string of the molecule is NC(C(=O)O)C(=O)c1ncc2onc(-c3ccc(Oc4ccccc4)cc3)c2c1O. The van der Waals surface area contributed by atoms with E-state index in [1.165, 1.54) is 6.20 Å². The number of hydrogen-bond donors (Lipinski definition) is 3. The van der Waals surface area contributed by atoms with Crippen LogP contribution < -0.4 is 10.5 Å². The van der Waals surface area contributed by atoms with E-state index in [9.17, 15) is 14.7 Å². The van der Waals surface area contributed by atoms with Crippen LogP contribution in [0.2, 0.25) is 0 Å². The Bertz CT molecular complexity index is 1240. The number of carboxylic acids is 1. The van der Waals surface area contributed by atoms with Crippen LogP contribution in [0.5, 0.6) is 17.2 Å². The highest BCUT2D eigenvalue weighted by atomic mass is 16.5. The Balaban J connectivity index is 1.70. The van der Waals surface area contributed by atoms with Crippen molar-refractivity contribution in [2.75, 3.05) is 0 Å². The smallest absolute Gasteiger partial charge is 0.328 e. The monoisotopic (exact) mass is 405 g/mol. The number of aromatic hydroxyl groups is 1. The maximum atomic E-state index is 12.2. The van der Waals surface area contributed by atoms with Gasteiger partial charge >= 0.3 is 5.97 Å². The predicted octanol–water partition coefficient (Wildman–Crippen LogP) is 2.98. The van der Waals surface area contributed by atoms with Crippen LogP contribution in [-0.4, -0.2) is 38.1 Å². The fraction of sp³-hybridized carbons (Fsp3) is 0.0476. The summed E-state index contributed by atoms with van der Waals surface area (Å²) in [5.74, 6) is -1.83. The van der Waals surface area contributed by atoms with E-state index in [2.05, 4.69) is 10.1 Å². The number of aliphatic carboxylic acids is 1. The number of carboxylic acid groups (broad SMARTS) is 1. The maximum Gasteiger partial charge on any atom is 0.328 e. The zero-order valence-corrected chi connectivity index (χ0v) is 15.4. The van der Waals surface area contributed by atoms with Crippen molar-refractivity contribution in [1.29, 1.82) is 0 Å². The molecule has 0 saturated heterocycles. The lowest BCUT2D eigenvalue weighted by Gasteiger charge is -2.08. The molecule has 0 aliphatic heterocycles. The highest BCUT2D eigenvalue weighted by Crippen LogP contribution is 2.36. The molecule has 0 amide bonds. The van der Waals surface area contributed by atoms with Gasteiger partial charge in [-0.1, -0.05) is 23.4 Å². The van der Waals surface area contributed by atoms with Crippen molar-refractivity contribution in [3.63, 3.8) is 0 Å². The Kier molecular flexibility index (Phi) is 4.87. The summed E-state index contributed by atoms with van der Waals surface area (Å²) in [6, 6.07) is 14.2. The summed E-state index contributed by atoms with van der Waals surface area (Å²) in [5, 5.41) is 23.6. The maximum absolute atomic E-state index is 12.2. The van der Waals surface area contributed by atoms with Gasteiger partial charge in [0.05, 0.1) is 11.6 Å². The molecule has 0 spiro atoms. The number of para-hydroxylation sites is 1. The molecule has 4 aromatic rings. The van der Waals surface area contributed by atoms with Gasteiger partial charge in [-0.25, -0.2) is 4.98 Å². The van der Waals surface area contributed by atoms with Crippen LogP contribution in [0.1, 0.15) is 10.5 Å². The Labute approximate surface area is 169 Å². The molecule has 0 radical (unpaired) electrons. The molecule has 9 nitrogen and oxygen atoms in total.